The first-order valence-corrected chi connectivity index (χ1v) is 5.43. The molecule has 0 aliphatic carbocycles. The third-order valence-electron chi connectivity index (χ3n) is 2.65. The zero-order valence-electron chi connectivity index (χ0n) is 9.89. The Morgan fingerprint density at radius 2 is 1.80 bits per heavy atom. The maximum atomic E-state index is 5.86. The normalized spacial score (nSPS) is 11.6. The fourth-order valence-corrected chi connectivity index (χ4v) is 1.16. The molecule has 84 valence electrons. The number of rotatable bonds is 3. The molecule has 1 rings (SSSR count). The van der Waals surface area contributed by atoms with E-state index in [2.05, 4.69) is 17.1 Å². The predicted octanol–water partition coefficient (Wildman–Crippen LogP) is 3.31. The number of hydrogen-bond acceptors (Lipinski definition) is 3. The number of nitrogens with zero attached hydrogens (tertiary/aromatic N) is 2. The van der Waals surface area contributed by atoms with Gasteiger partial charge in [-0.3, -0.25) is 0 Å². The van der Waals surface area contributed by atoms with Crippen molar-refractivity contribution in [3.05, 3.63) is 16.3 Å². The summed E-state index contributed by atoms with van der Waals surface area (Å²) >= 11 is 5.86. The first-order valence-electron chi connectivity index (χ1n) is 5.06. The van der Waals surface area contributed by atoms with Crippen LogP contribution in [0.15, 0.2) is 0 Å². The van der Waals surface area contributed by atoms with Gasteiger partial charge in [0.1, 0.15) is 5.60 Å². The topological polar surface area (TPSA) is 35.0 Å². The van der Waals surface area contributed by atoms with E-state index in [0.29, 0.717) is 11.0 Å². The highest BCUT2D eigenvalue weighted by Crippen LogP contribution is 2.26. The van der Waals surface area contributed by atoms with Crippen molar-refractivity contribution in [1.82, 2.24) is 10.2 Å². The van der Waals surface area contributed by atoms with Gasteiger partial charge in [0.25, 0.3) is 0 Å². The minimum absolute atomic E-state index is 0.223. The van der Waals surface area contributed by atoms with E-state index in [9.17, 15) is 0 Å². The highest BCUT2D eigenvalue weighted by atomic mass is 35.5. The van der Waals surface area contributed by atoms with Gasteiger partial charge in [0.2, 0.25) is 5.88 Å². The molecule has 1 aromatic rings. The van der Waals surface area contributed by atoms with Crippen molar-refractivity contribution < 1.29 is 4.74 Å². The smallest absolute Gasteiger partial charge is 0.237 e. The van der Waals surface area contributed by atoms with Gasteiger partial charge in [0.15, 0.2) is 5.15 Å². The van der Waals surface area contributed by atoms with Crippen LogP contribution in [0.5, 0.6) is 5.88 Å². The van der Waals surface area contributed by atoms with Gasteiger partial charge in [0, 0.05) is 5.56 Å². The van der Waals surface area contributed by atoms with E-state index in [4.69, 9.17) is 16.3 Å². The lowest BCUT2D eigenvalue weighted by Gasteiger charge is -2.25. The molecule has 0 spiro atoms. The first kappa shape index (κ1) is 12.2. The standard InChI is InChI=1S/C11H17ClN2O/c1-6-11(4,5)15-10-8(3)7(2)9(12)13-14-10/h6H2,1-5H3. The van der Waals surface area contributed by atoms with Crippen molar-refractivity contribution in [1.29, 1.82) is 0 Å². The number of aromatic nitrogens is 2. The summed E-state index contributed by atoms with van der Waals surface area (Å²) in [6, 6.07) is 0. The lowest BCUT2D eigenvalue weighted by Crippen LogP contribution is -2.28. The molecule has 1 heterocycles. The van der Waals surface area contributed by atoms with Crippen LogP contribution in [0, 0.1) is 13.8 Å². The Labute approximate surface area is 95.8 Å². The fourth-order valence-electron chi connectivity index (χ4n) is 0.985. The van der Waals surface area contributed by atoms with E-state index in [1.54, 1.807) is 0 Å². The summed E-state index contributed by atoms with van der Waals surface area (Å²) in [5.41, 5.74) is 1.66. The van der Waals surface area contributed by atoms with Gasteiger partial charge in [-0.25, -0.2) is 0 Å². The summed E-state index contributed by atoms with van der Waals surface area (Å²) < 4.78 is 5.79. The summed E-state index contributed by atoms with van der Waals surface area (Å²) in [6.45, 7) is 9.98. The van der Waals surface area contributed by atoms with Gasteiger partial charge in [-0.05, 0) is 39.7 Å². The Hall–Kier alpha value is -0.830. The van der Waals surface area contributed by atoms with Crippen LogP contribution in [0.25, 0.3) is 0 Å². The highest BCUT2D eigenvalue weighted by Gasteiger charge is 2.20. The van der Waals surface area contributed by atoms with Crippen LogP contribution < -0.4 is 4.74 Å². The molecule has 0 radical (unpaired) electrons. The number of halogens is 1. The van der Waals surface area contributed by atoms with Crippen LogP contribution in [0.3, 0.4) is 0 Å². The quantitative estimate of drug-likeness (QED) is 0.796. The van der Waals surface area contributed by atoms with Crippen molar-refractivity contribution in [2.24, 2.45) is 0 Å². The van der Waals surface area contributed by atoms with E-state index in [0.717, 1.165) is 17.5 Å². The second-order valence-electron chi connectivity index (χ2n) is 4.26. The third-order valence-corrected chi connectivity index (χ3v) is 3.00. The van der Waals surface area contributed by atoms with Crippen molar-refractivity contribution in [3.8, 4) is 5.88 Å². The predicted molar refractivity (Wildman–Crippen MR) is 61.5 cm³/mol. The average molecular weight is 229 g/mol. The summed E-state index contributed by atoms with van der Waals surface area (Å²) in [6.07, 6.45) is 0.912. The molecule has 0 aliphatic heterocycles. The van der Waals surface area contributed by atoms with Crippen LogP contribution >= 0.6 is 11.6 Å². The van der Waals surface area contributed by atoms with Crippen molar-refractivity contribution in [2.45, 2.75) is 46.6 Å². The van der Waals surface area contributed by atoms with Gasteiger partial charge in [-0.2, -0.15) is 0 Å². The second-order valence-corrected chi connectivity index (χ2v) is 4.62. The van der Waals surface area contributed by atoms with Crippen molar-refractivity contribution >= 4 is 11.6 Å². The number of hydrogen-bond donors (Lipinski definition) is 0. The van der Waals surface area contributed by atoms with Gasteiger partial charge in [-0.1, -0.05) is 18.5 Å². The molecular formula is C11H17ClN2O. The maximum Gasteiger partial charge on any atom is 0.237 e. The van der Waals surface area contributed by atoms with Gasteiger partial charge in [0.05, 0.1) is 0 Å². The third kappa shape index (κ3) is 2.81. The molecule has 0 saturated carbocycles. The largest absolute Gasteiger partial charge is 0.470 e. The molecule has 0 saturated heterocycles. The van der Waals surface area contributed by atoms with Crippen LogP contribution in [-0.4, -0.2) is 15.8 Å². The molecule has 0 aliphatic rings. The van der Waals surface area contributed by atoms with Crippen molar-refractivity contribution in [3.63, 3.8) is 0 Å². The van der Waals surface area contributed by atoms with Crippen LogP contribution in [0.1, 0.15) is 38.3 Å². The van der Waals surface area contributed by atoms with Crippen LogP contribution in [0.2, 0.25) is 5.15 Å². The molecule has 0 atom stereocenters. The Morgan fingerprint density at radius 1 is 1.20 bits per heavy atom. The molecule has 1 aromatic heterocycles. The lowest BCUT2D eigenvalue weighted by molar-refractivity contribution is 0.0964. The molecule has 0 unspecified atom stereocenters. The molecule has 15 heavy (non-hydrogen) atoms. The lowest BCUT2D eigenvalue weighted by atomic mass is 10.1. The Morgan fingerprint density at radius 3 is 2.33 bits per heavy atom. The van der Waals surface area contributed by atoms with Crippen LogP contribution in [-0.2, 0) is 0 Å². The van der Waals surface area contributed by atoms with E-state index in [-0.39, 0.29) is 5.60 Å². The summed E-state index contributed by atoms with van der Waals surface area (Å²) in [7, 11) is 0. The van der Waals surface area contributed by atoms with Crippen LogP contribution in [0.4, 0.5) is 0 Å². The van der Waals surface area contributed by atoms with Gasteiger partial charge < -0.3 is 4.74 Å². The fraction of sp³-hybridized carbons (Fsp3) is 0.636. The summed E-state index contributed by atoms with van der Waals surface area (Å²) in [4.78, 5) is 0. The average Bonchev–Trinajstić information content (AvgIpc) is 2.19. The Balaban J connectivity index is 3.02. The molecule has 3 nitrogen and oxygen atoms in total. The Bertz CT molecular complexity index is 364. The zero-order valence-corrected chi connectivity index (χ0v) is 10.6. The van der Waals surface area contributed by atoms with Gasteiger partial charge >= 0.3 is 0 Å². The molecule has 0 N–H and O–H groups in total. The van der Waals surface area contributed by atoms with E-state index in [1.165, 1.54) is 0 Å². The molecule has 0 amide bonds. The van der Waals surface area contributed by atoms with E-state index in [1.807, 2.05) is 27.7 Å². The molecule has 0 bridgehead atoms. The molecule has 0 fully saturated rings. The van der Waals surface area contributed by atoms with E-state index < -0.39 is 0 Å². The zero-order chi connectivity index (χ0) is 11.6. The molecular weight excluding hydrogens is 212 g/mol. The monoisotopic (exact) mass is 228 g/mol. The maximum absolute atomic E-state index is 5.86. The molecule has 0 aromatic carbocycles. The first-order chi connectivity index (χ1) is 6.87. The number of ether oxygens (including phenoxy) is 1. The summed E-state index contributed by atoms with van der Waals surface area (Å²) in [5.74, 6) is 0.573. The minimum Gasteiger partial charge on any atom is -0.470 e. The van der Waals surface area contributed by atoms with E-state index >= 15 is 0 Å². The van der Waals surface area contributed by atoms with Crippen molar-refractivity contribution in [2.75, 3.05) is 0 Å². The minimum atomic E-state index is -0.223. The second kappa shape index (κ2) is 4.35. The highest BCUT2D eigenvalue weighted by molar-refractivity contribution is 6.30. The molecule has 4 heteroatoms. The Kier molecular flexibility index (Phi) is 3.55. The SMILES string of the molecule is CCC(C)(C)Oc1nnc(Cl)c(C)c1C. The van der Waals surface area contributed by atoms with Gasteiger partial charge in [-0.15, -0.1) is 10.2 Å². The summed E-state index contributed by atoms with van der Waals surface area (Å²) in [5, 5.41) is 8.26.